The molecule has 0 unspecified atom stereocenters. The van der Waals surface area contributed by atoms with Gasteiger partial charge in [-0.15, -0.1) is 0 Å². The molecule has 0 atom stereocenters. The molecule has 1 saturated heterocycles. The molecular weight excluding hydrogens is 432 g/mol. The highest BCUT2D eigenvalue weighted by Gasteiger charge is 2.45. The topological polar surface area (TPSA) is 108 Å². The Morgan fingerprint density at radius 3 is 2.35 bits per heavy atom. The van der Waals surface area contributed by atoms with Crippen molar-refractivity contribution >= 4 is 11.8 Å². The first-order chi connectivity index (χ1) is 16.5. The normalized spacial score (nSPS) is 19.4. The number of aryl methyl sites for hydroxylation is 1. The second-order valence-corrected chi connectivity index (χ2v) is 9.25. The van der Waals surface area contributed by atoms with E-state index in [4.69, 9.17) is 14.4 Å². The summed E-state index contributed by atoms with van der Waals surface area (Å²) in [5, 5.41) is 11.7. The fourth-order valence-corrected chi connectivity index (χ4v) is 4.32. The van der Waals surface area contributed by atoms with Crippen molar-refractivity contribution in [3.8, 4) is 17.3 Å². The van der Waals surface area contributed by atoms with Crippen LogP contribution in [0.4, 0.5) is 0 Å². The van der Waals surface area contributed by atoms with Gasteiger partial charge >= 0.3 is 0 Å². The number of ether oxygens (including phenoxy) is 1. The fourth-order valence-electron chi connectivity index (χ4n) is 4.32. The quantitative estimate of drug-likeness (QED) is 0.736. The van der Waals surface area contributed by atoms with Gasteiger partial charge < -0.3 is 19.4 Å². The highest BCUT2D eigenvalue weighted by atomic mass is 16.5. The van der Waals surface area contributed by atoms with Gasteiger partial charge in [-0.2, -0.15) is 5.26 Å². The number of nitrogens with one attached hydrogen (secondary N) is 1. The van der Waals surface area contributed by atoms with Gasteiger partial charge in [0.05, 0.1) is 19.3 Å². The van der Waals surface area contributed by atoms with E-state index in [1.54, 1.807) is 13.2 Å². The molecule has 0 radical (unpaired) electrons. The maximum atomic E-state index is 12.3. The minimum Gasteiger partial charge on any atom is -0.449 e. The Bertz CT molecular complexity index is 1020. The monoisotopic (exact) mass is 464 g/mol. The van der Waals surface area contributed by atoms with Gasteiger partial charge in [0.25, 0.3) is 5.91 Å². The highest BCUT2D eigenvalue weighted by Crippen LogP contribution is 2.35. The van der Waals surface area contributed by atoms with Crippen molar-refractivity contribution in [3.05, 3.63) is 42.0 Å². The summed E-state index contributed by atoms with van der Waals surface area (Å²) in [7, 11) is 0. The largest absolute Gasteiger partial charge is 0.449 e. The van der Waals surface area contributed by atoms with E-state index in [9.17, 15) is 9.59 Å². The first-order valence-electron chi connectivity index (χ1n) is 12.1. The molecule has 8 nitrogen and oxygen atoms in total. The van der Waals surface area contributed by atoms with Gasteiger partial charge in [0.15, 0.2) is 5.89 Å². The zero-order chi connectivity index (χ0) is 24.0. The summed E-state index contributed by atoms with van der Waals surface area (Å²) in [6, 6.07) is 9.64. The molecule has 3 fully saturated rings. The summed E-state index contributed by atoms with van der Waals surface area (Å²) in [4.78, 5) is 30.1. The SMILES string of the molecule is Cc1nc(-c2ccc(C(=O)N3CCOCC3)cc2)co1.N#CC1(NC(=O)C2CCCCC2)CC1. The second-order valence-electron chi connectivity index (χ2n) is 9.25. The van der Waals surface area contributed by atoms with Gasteiger partial charge in [-0.1, -0.05) is 31.4 Å². The van der Waals surface area contributed by atoms with Crippen molar-refractivity contribution in [3.63, 3.8) is 0 Å². The van der Waals surface area contributed by atoms with Crippen LogP contribution in [0.3, 0.4) is 0 Å². The summed E-state index contributed by atoms with van der Waals surface area (Å²) in [5.74, 6) is 0.975. The van der Waals surface area contributed by atoms with Crippen molar-refractivity contribution in [2.75, 3.05) is 26.3 Å². The molecule has 1 N–H and O–H groups in total. The first-order valence-corrected chi connectivity index (χ1v) is 12.1. The summed E-state index contributed by atoms with van der Waals surface area (Å²) in [6.45, 7) is 4.34. The number of hydrogen-bond acceptors (Lipinski definition) is 6. The van der Waals surface area contributed by atoms with E-state index in [0.29, 0.717) is 37.8 Å². The van der Waals surface area contributed by atoms with Gasteiger partial charge in [0, 0.05) is 37.1 Å². The van der Waals surface area contributed by atoms with Crippen LogP contribution < -0.4 is 5.32 Å². The van der Waals surface area contributed by atoms with Gasteiger partial charge in [-0.25, -0.2) is 4.98 Å². The highest BCUT2D eigenvalue weighted by molar-refractivity contribution is 5.94. The maximum absolute atomic E-state index is 12.3. The number of nitriles is 1. The number of oxazole rings is 1. The molecule has 1 aromatic heterocycles. The molecule has 2 aliphatic carbocycles. The molecule has 34 heavy (non-hydrogen) atoms. The van der Waals surface area contributed by atoms with Gasteiger partial charge in [0.2, 0.25) is 5.91 Å². The molecule has 3 aliphatic rings. The first kappa shape index (κ1) is 24.0. The molecule has 0 spiro atoms. The summed E-state index contributed by atoms with van der Waals surface area (Å²) < 4.78 is 10.4. The summed E-state index contributed by atoms with van der Waals surface area (Å²) in [6.07, 6.45) is 8.89. The minimum absolute atomic E-state index is 0.0520. The zero-order valence-corrected chi connectivity index (χ0v) is 19.7. The molecule has 1 aliphatic heterocycles. The van der Waals surface area contributed by atoms with Crippen LogP contribution in [-0.2, 0) is 9.53 Å². The molecule has 1 aromatic carbocycles. The lowest BCUT2D eigenvalue weighted by Crippen LogP contribution is -2.40. The second kappa shape index (κ2) is 10.8. The van der Waals surface area contributed by atoms with Crippen LogP contribution >= 0.6 is 0 Å². The zero-order valence-electron chi connectivity index (χ0n) is 19.7. The van der Waals surface area contributed by atoms with Crippen LogP contribution in [-0.4, -0.2) is 53.5 Å². The van der Waals surface area contributed by atoms with Crippen LogP contribution in [0.1, 0.15) is 61.2 Å². The van der Waals surface area contributed by atoms with E-state index in [0.717, 1.165) is 49.8 Å². The number of amides is 2. The lowest BCUT2D eigenvalue weighted by molar-refractivity contribution is -0.126. The molecule has 2 aromatic rings. The Morgan fingerprint density at radius 1 is 1.12 bits per heavy atom. The van der Waals surface area contributed by atoms with Crippen LogP contribution in [0.25, 0.3) is 11.3 Å². The van der Waals surface area contributed by atoms with Crippen molar-refractivity contribution < 1.29 is 18.7 Å². The number of benzene rings is 1. The van der Waals surface area contributed by atoms with E-state index in [1.807, 2.05) is 29.2 Å². The van der Waals surface area contributed by atoms with Crippen LogP contribution in [0, 0.1) is 24.2 Å². The van der Waals surface area contributed by atoms with E-state index in [1.165, 1.54) is 6.42 Å². The Kier molecular flexibility index (Phi) is 7.63. The van der Waals surface area contributed by atoms with E-state index >= 15 is 0 Å². The third-order valence-corrected chi connectivity index (χ3v) is 6.65. The molecule has 2 heterocycles. The van der Waals surface area contributed by atoms with Crippen LogP contribution in [0.5, 0.6) is 0 Å². The number of aromatic nitrogens is 1. The summed E-state index contributed by atoms with van der Waals surface area (Å²) >= 11 is 0. The van der Waals surface area contributed by atoms with Crippen molar-refractivity contribution in [1.82, 2.24) is 15.2 Å². The Morgan fingerprint density at radius 2 is 1.79 bits per heavy atom. The molecule has 0 bridgehead atoms. The standard InChI is InChI=1S/C15H16N2O3.C11H16N2O/c1-11-16-14(10-20-11)12-2-4-13(5-3-12)15(18)17-6-8-19-9-7-17;12-8-11(6-7-11)13-10(14)9-4-2-1-3-5-9/h2-5,10H,6-9H2,1H3;9H,1-7H2,(H,13,14). The minimum atomic E-state index is -0.478. The van der Waals surface area contributed by atoms with Gasteiger partial charge in [-0.05, 0) is 37.8 Å². The summed E-state index contributed by atoms with van der Waals surface area (Å²) in [5.41, 5.74) is 1.94. The predicted octanol–water partition coefficient (Wildman–Crippen LogP) is 3.86. The molecule has 8 heteroatoms. The third kappa shape index (κ3) is 6.03. The Labute approximate surface area is 200 Å². The lowest BCUT2D eigenvalue weighted by Gasteiger charge is -2.26. The maximum Gasteiger partial charge on any atom is 0.254 e. The number of hydrogen-bond donors (Lipinski definition) is 1. The number of carbonyl (C=O) groups is 2. The number of nitrogens with zero attached hydrogens (tertiary/aromatic N) is 3. The predicted molar refractivity (Wildman–Crippen MR) is 126 cm³/mol. The average molecular weight is 465 g/mol. The van der Waals surface area contributed by atoms with Crippen LogP contribution in [0.15, 0.2) is 34.9 Å². The third-order valence-electron chi connectivity index (χ3n) is 6.65. The number of morpholine rings is 1. The smallest absolute Gasteiger partial charge is 0.254 e. The van der Waals surface area contributed by atoms with Crippen molar-refractivity contribution in [1.29, 1.82) is 5.26 Å². The Balaban J connectivity index is 0.000000172. The van der Waals surface area contributed by atoms with Crippen molar-refractivity contribution in [2.24, 2.45) is 5.92 Å². The molecule has 5 rings (SSSR count). The molecular formula is C26H32N4O4. The Hall–Kier alpha value is -3.18. The molecule has 2 saturated carbocycles. The van der Waals surface area contributed by atoms with E-state index in [2.05, 4.69) is 16.4 Å². The van der Waals surface area contributed by atoms with Crippen molar-refractivity contribution in [2.45, 2.75) is 57.4 Å². The fraction of sp³-hybridized carbons (Fsp3) is 0.538. The number of carbonyl (C=O) groups excluding carboxylic acids is 2. The van der Waals surface area contributed by atoms with Gasteiger partial charge in [0.1, 0.15) is 17.5 Å². The van der Waals surface area contributed by atoms with Gasteiger partial charge in [-0.3, -0.25) is 9.59 Å². The lowest BCUT2D eigenvalue weighted by atomic mass is 9.88. The van der Waals surface area contributed by atoms with Crippen LogP contribution in [0.2, 0.25) is 0 Å². The molecule has 2 amide bonds. The molecule has 180 valence electrons. The van der Waals surface area contributed by atoms with E-state index in [-0.39, 0.29) is 17.7 Å². The number of rotatable bonds is 4. The van der Waals surface area contributed by atoms with E-state index < -0.39 is 5.54 Å². The average Bonchev–Trinajstić information content (AvgIpc) is 3.54.